The molecule has 1 saturated heterocycles. The van der Waals surface area contributed by atoms with E-state index in [9.17, 15) is 0 Å². The molecule has 0 aromatic carbocycles. The van der Waals surface area contributed by atoms with Gasteiger partial charge in [-0.05, 0) is 33.1 Å². The van der Waals surface area contributed by atoms with Gasteiger partial charge in [-0.1, -0.05) is 0 Å². The Morgan fingerprint density at radius 1 is 1.22 bits per heavy atom. The molecule has 0 unspecified atom stereocenters. The minimum Gasteiger partial charge on any atom is -0.380 e. The third-order valence-corrected chi connectivity index (χ3v) is 4.85. The molecule has 1 aliphatic carbocycles. The summed E-state index contributed by atoms with van der Waals surface area (Å²) in [7, 11) is 0. The fraction of sp³-hybridized carbons (Fsp3) is 0.765. The molecule has 4 rings (SSSR count). The minimum atomic E-state index is 0.345. The summed E-state index contributed by atoms with van der Waals surface area (Å²) in [5.41, 5.74) is 2.51. The molecule has 0 radical (unpaired) electrons. The zero-order valence-electron chi connectivity index (χ0n) is 14.1. The fourth-order valence-corrected chi connectivity index (χ4v) is 3.42. The van der Waals surface area contributed by atoms with Crippen LogP contribution in [-0.2, 0) is 17.7 Å². The van der Waals surface area contributed by atoms with Gasteiger partial charge in [-0.25, -0.2) is 4.98 Å². The molecule has 2 N–H and O–H groups in total. The predicted octanol–water partition coefficient (Wildman–Crippen LogP) is 2.02. The van der Waals surface area contributed by atoms with Gasteiger partial charge in [0.05, 0.1) is 12.3 Å². The standard InChI is InChI=1S/C17H27N5O/c1-11(2)18-17-20-15-5-7-22(13-6-8-23-10-13)9-14(15)16(21-17)19-12-3-4-12/h11-13H,3-10H2,1-2H3,(H2,18,19,20,21)/t13-/m1/s1. The van der Waals surface area contributed by atoms with Crippen molar-refractivity contribution >= 4 is 11.8 Å². The Morgan fingerprint density at radius 2 is 2.09 bits per heavy atom. The minimum absolute atomic E-state index is 0.345. The van der Waals surface area contributed by atoms with Crippen LogP contribution < -0.4 is 10.6 Å². The molecule has 3 heterocycles. The highest BCUT2D eigenvalue weighted by Crippen LogP contribution is 2.31. The Bertz CT molecular complexity index is 566. The number of hydrogen-bond donors (Lipinski definition) is 2. The van der Waals surface area contributed by atoms with Gasteiger partial charge in [0.2, 0.25) is 5.95 Å². The first-order chi connectivity index (χ1) is 11.2. The third kappa shape index (κ3) is 3.43. The highest BCUT2D eigenvalue weighted by Gasteiger charge is 2.31. The number of ether oxygens (including phenoxy) is 1. The van der Waals surface area contributed by atoms with Gasteiger partial charge < -0.3 is 15.4 Å². The highest BCUT2D eigenvalue weighted by molar-refractivity contribution is 5.53. The van der Waals surface area contributed by atoms with Gasteiger partial charge in [0.25, 0.3) is 0 Å². The van der Waals surface area contributed by atoms with Crippen LogP contribution in [0.1, 0.15) is 44.4 Å². The average molecular weight is 317 g/mol. The van der Waals surface area contributed by atoms with E-state index < -0.39 is 0 Å². The number of fused-ring (bicyclic) bond motifs is 1. The van der Waals surface area contributed by atoms with E-state index in [0.29, 0.717) is 18.1 Å². The van der Waals surface area contributed by atoms with E-state index in [1.807, 2.05) is 0 Å². The fourth-order valence-electron chi connectivity index (χ4n) is 3.42. The maximum absolute atomic E-state index is 5.57. The van der Waals surface area contributed by atoms with E-state index in [1.165, 1.54) is 24.1 Å². The third-order valence-electron chi connectivity index (χ3n) is 4.85. The summed E-state index contributed by atoms with van der Waals surface area (Å²) in [6.45, 7) is 8.03. The molecule has 126 valence electrons. The Kier molecular flexibility index (Phi) is 4.11. The largest absolute Gasteiger partial charge is 0.380 e. The van der Waals surface area contributed by atoms with Crippen molar-refractivity contribution in [2.45, 2.75) is 64.2 Å². The summed E-state index contributed by atoms with van der Waals surface area (Å²) >= 11 is 0. The van der Waals surface area contributed by atoms with Crippen LogP contribution in [-0.4, -0.2) is 52.8 Å². The molecule has 1 saturated carbocycles. The van der Waals surface area contributed by atoms with Crippen molar-refractivity contribution in [3.05, 3.63) is 11.3 Å². The Hall–Kier alpha value is -1.40. The van der Waals surface area contributed by atoms with Crippen LogP contribution in [0.2, 0.25) is 0 Å². The molecule has 0 bridgehead atoms. The van der Waals surface area contributed by atoms with Crippen LogP contribution in [0.5, 0.6) is 0 Å². The van der Waals surface area contributed by atoms with Crippen LogP contribution in [0.3, 0.4) is 0 Å². The molecule has 23 heavy (non-hydrogen) atoms. The van der Waals surface area contributed by atoms with Crippen molar-refractivity contribution in [3.8, 4) is 0 Å². The van der Waals surface area contributed by atoms with Gasteiger partial charge in [0.1, 0.15) is 5.82 Å². The van der Waals surface area contributed by atoms with Gasteiger partial charge in [-0.15, -0.1) is 0 Å². The normalized spacial score (nSPS) is 24.7. The van der Waals surface area contributed by atoms with Gasteiger partial charge in [0, 0.05) is 49.8 Å². The van der Waals surface area contributed by atoms with E-state index in [1.54, 1.807) is 0 Å². The van der Waals surface area contributed by atoms with Crippen molar-refractivity contribution in [2.75, 3.05) is 30.4 Å². The molecule has 1 aromatic rings. The van der Waals surface area contributed by atoms with E-state index in [-0.39, 0.29) is 0 Å². The maximum Gasteiger partial charge on any atom is 0.225 e. The van der Waals surface area contributed by atoms with Crippen LogP contribution in [0.4, 0.5) is 11.8 Å². The molecule has 2 fully saturated rings. The molecule has 2 aliphatic heterocycles. The van der Waals surface area contributed by atoms with Gasteiger partial charge >= 0.3 is 0 Å². The highest BCUT2D eigenvalue weighted by atomic mass is 16.5. The monoisotopic (exact) mass is 317 g/mol. The lowest BCUT2D eigenvalue weighted by molar-refractivity contribution is 0.134. The quantitative estimate of drug-likeness (QED) is 0.866. The molecule has 0 amide bonds. The summed E-state index contributed by atoms with van der Waals surface area (Å²) in [6.07, 6.45) is 4.66. The molecule has 1 aromatic heterocycles. The Balaban J connectivity index is 1.60. The second kappa shape index (κ2) is 6.24. The molecular weight excluding hydrogens is 290 g/mol. The molecule has 6 nitrogen and oxygen atoms in total. The zero-order chi connectivity index (χ0) is 15.8. The van der Waals surface area contributed by atoms with Crippen molar-refractivity contribution in [1.82, 2.24) is 14.9 Å². The average Bonchev–Trinajstić information content (AvgIpc) is 3.16. The lowest BCUT2D eigenvalue weighted by Crippen LogP contribution is -2.40. The van der Waals surface area contributed by atoms with Crippen LogP contribution >= 0.6 is 0 Å². The van der Waals surface area contributed by atoms with E-state index in [4.69, 9.17) is 14.7 Å². The van der Waals surface area contributed by atoms with Crippen molar-refractivity contribution in [2.24, 2.45) is 0 Å². The van der Waals surface area contributed by atoms with Crippen molar-refractivity contribution in [3.63, 3.8) is 0 Å². The lowest BCUT2D eigenvalue weighted by atomic mass is 10.0. The van der Waals surface area contributed by atoms with Crippen LogP contribution in [0, 0.1) is 0 Å². The van der Waals surface area contributed by atoms with E-state index in [2.05, 4.69) is 29.4 Å². The van der Waals surface area contributed by atoms with Gasteiger partial charge in [0.15, 0.2) is 0 Å². The Morgan fingerprint density at radius 3 is 2.78 bits per heavy atom. The van der Waals surface area contributed by atoms with E-state index >= 15 is 0 Å². The summed E-state index contributed by atoms with van der Waals surface area (Å²) in [5.74, 6) is 1.81. The molecule has 1 atom stereocenters. The van der Waals surface area contributed by atoms with Crippen molar-refractivity contribution in [1.29, 1.82) is 0 Å². The number of anilines is 2. The first-order valence-corrected chi connectivity index (χ1v) is 8.93. The van der Waals surface area contributed by atoms with Crippen LogP contribution in [0.15, 0.2) is 0 Å². The Labute approximate surface area is 138 Å². The van der Waals surface area contributed by atoms with Crippen LogP contribution in [0.25, 0.3) is 0 Å². The molecule has 6 heteroatoms. The second-order valence-corrected chi connectivity index (χ2v) is 7.28. The molecule has 3 aliphatic rings. The van der Waals surface area contributed by atoms with Gasteiger partial charge in [-0.3, -0.25) is 4.90 Å². The number of aromatic nitrogens is 2. The summed E-state index contributed by atoms with van der Waals surface area (Å²) in [5, 5.41) is 6.98. The number of nitrogens with zero attached hydrogens (tertiary/aromatic N) is 3. The van der Waals surface area contributed by atoms with Gasteiger partial charge in [-0.2, -0.15) is 4.98 Å². The number of rotatable bonds is 5. The first kappa shape index (κ1) is 15.1. The summed E-state index contributed by atoms with van der Waals surface area (Å²) < 4.78 is 5.57. The topological polar surface area (TPSA) is 62.3 Å². The van der Waals surface area contributed by atoms with Crippen molar-refractivity contribution < 1.29 is 4.74 Å². The number of nitrogens with one attached hydrogen (secondary N) is 2. The lowest BCUT2D eigenvalue weighted by Gasteiger charge is -2.33. The molecular formula is C17H27N5O. The van der Waals surface area contributed by atoms with E-state index in [0.717, 1.165) is 50.9 Å². The first-order valence-electron chi connectivity index (χ1n) is 8.93. The second-order valence-electron chi connectivity index (χ2n) is 7.28. The SMILES string of the molecule is CC(C)Nc1nc2c(c(NC3CC3)n1)CN([C@@H]1CCOC1)CC2. The summed E-state index contributed by atoms with van der Waals surface area (Å²) in [6, 6.07) is 1.51. The smallest absolute Gasteiger partial charge is 0.225 e. The molecule has 0 spiro atoms. The zero-order valence-corrected chi connectivity index (χ0v) is 14.1. The predicted molar refractivity (Wildman–Crippen MR) is 90.8 cm³/mol. The summed E-state index contributed by atoms with van der Waals surface area (Å²) in [4.78, 5) is 12.1. The maximum atomic E-state index is 5.57. The number of hydrogen-bond acceptors (Lipinski definition) is 6.